The number of rotatable bonds is 2. The van der Waals surface area contributed by atoms with Crippen LogP contribution in [0, 0.1) is 13.8 Å². The SMILES string of the molecule is Cc1ccc(C)n1-c1c(Br)c(-c2ccccc2)nn1C. The van der Waals surface area contributed by atoms with Gasteiger partial charge in [0.05, 0.1) is 4.47 Å². The first-order valence-corrected chi connectivity index (χ1v) is 7.32. The maximum atomic E-state index is 4.67. The highest BCUT2D eigenvalue weighted by Gasteiger charge is 2.18. The predicted molar refractivity (Wildman–Crippen MR) is 85.1 cm³/mol. The van der Waals surface area contributed by atoms with Gasteiger partial charge in [-0.2, -0.15) is 5.10 Å². The zero-order valence-electron chi connectivity index (χ0n) is 11.8. The smallest absolute Gasteiger partial charge is 0.150 e. The Morgan fingerprint density at radius 3 is 2.15 bits per heavy atom. The lowest BCUT2D eigenvalue weighted by atomic mass is 10.1. The monoisotopic (exact) mass is 329 g/mol. The number of halogens is 1. The van der Waals surface area contributed by atoms with Gasteiger partial charge in [0, 0.05) is 24.0 Å². The van der Waals surface area contributed by atoms with Gasteiger partial charge >= 0.3 is 0 Å². The lowest BCUT2D eigenvalue weighted by Crippen LogP contribution is -2.06. The van der Waals surface area contributed by atoms with E-state index in [0.717, 1.165) is 21.5 Å². The van der Waals surface area contributed by atoms with Crippen LogP contribution in [0.4, 0.5) is 0 Å². The van der Waals surface area contributed by atoms with Gasteiger partial charge in [-0.25, -0.2) is 0 Å². The van der Waals surface area contributed by atoms with Crippen molar-refractivity contribution in [1.29, 1.82) is 0 Å². The van der Waals surface area contributed by atoms with E-state index in [0.29, 0.717) is 0 Å². The molecule has 0 bridgehead atoms. The minimum atomic E-state index is 0.968. The molecule has 0 fully saturated rings. The summed E-state index contributed by atoms with van der Waals surface area (Å²) in [6.45, 7) is 4.21. The third-order valence-corrected chi connectivity index (χ3v) is 4.22. The normalized spacial score (nSPS) is 11.0. The van der Waals surface area contributed by atoms with Gasteiger partial charge < -0.3 is 4.57 Å². The third kappa shape index (κ3) is 2.00. The van der Waals surface area contributed by atoms with Crippen LogP contribution < -0.4 is 0 Å². The van der Waals surface area contributed by atoms with Gasteiger partial charge in [-0.15, -0.1) is 0 Å². The Morgan fingerprint density at radius 1 is 0.950 bits per heavy atom. The Hall–Kier alpha value is -1.81. The van der Waals surface area contributed by atoms with Crippen molar-refractivity contribution in [1.82, 2.24) is 14.3 Å². The number of aryl methyl sites for hydroxylation is 3. The van der Waals surface area contributed by atoms with Crippen LogP contribution in [-0.4, -0.2) is 14.3 Å². The summed E-state index contributed by atoms with van der Waals surface area (Å²) in [5.74, 6) is 1.06. The molecule has 2 aromatic heterocycles. The van der Waals surface area contributed by atoms with E-state index in [-0.39, 0.29) is 0 Å². The van der Waals surface area contributed by atoms with Crippen molar-refractivity contribution < 1.29 is 0 Å². The van der Waals surface area contributed by atoms with Gasteiger partial charge in [0.25, 0.3) is 0 Å². The van der Waals surface area contributed by atoms with Crippen molar-refractivity contribution in [3.8, 4) is 17.1 Å². The second kappa shape index (κ2) is 4.94. The standard InChI is InChI=1S/C16H16BrN3/c1-11-9-10-12(2)20(11)16-14(17)15(18-19(16)3)13-7-5-4-6-8-13/h4-10H,1-3H3. The molecular formula is C16H16BrN3. The summed E-state index contributed by atoms with van der Waals surface area (Å²) in [7, 11) is 1.98. The van der Waals surface area contributed by atoms with E-state index < -0.39 is 0 Å². The van der Waals surface area contributed by atoms with Crippen LogP contribution in [0.1, 0.15) is 11.4 Å². The summed E-state index contributed by atoms with van der Waals surface area (Å²) >= 11 is 3.72. The number of hydrogen-bond donors (Lipinski definition) is 0. The molecule has 102 valence electrons. The van der Waals surface area contributed by atoms with Crippen LogP contribution in [-0.2, 0) is 7.05 Å². The summed E-state index contributed by atoms with van der Waals surface area (Å²) in [6.07, 6.45) is 0. The van der Waals surface area contributed by atoms with Crippen LogP contribution in [0.3, 0.4) is 0 Å². The molecule has 3 nitrogen and oxygen atoms in total. The molecule has 0 radical (unpaired) electrons. The second-order valence-electron chi connectivity index (χ2n) is 4.93. The van der Waals surface area contributed by atoms with Gasteiger partial charge in [-0.3, -0.25) is 4.68 Å². The molecule has 0 aliphatic rings. The highest BCUT2D eigenvalue weighted by Crippen LogP contribution is 2.33. The van der Waals surface area contributed by atoms with E-state index in [1.807, 2.05) is 29.9 Å². The van der Waals surface area contributed by atoms with Crippen molar-refractivity contribution >= 4 is 15.9 Å². The minimum absolute atomic E-state index is 0.968. The van der Waals surface area contributed by atoms with Gasteiger partial charge in [-0.1, -0.05) is 30.3 Å². The van der Waals surface area contributed by atoms with Crippen molar-refractivity contribution in [2.45, 2.75) is 13.8 Å². The van der Waals surface area contributed by atoms with Crippen molar-refractivity contribution in [3.05, 3.63) is 58.3 Å². The second-order valence-corrected chi connectivity index (χ2v) is 5.72. The van der Waals surface area contributed by atoms with Crippen LogP contribution in [0.25, 0.3) is 17.1 Å². The number of nitrogens with zero attached hydrogens (tertiary/aromatic N) is 3. The molecule has 2 heterocycles. The van der Waals surface area contributed by atoms with Crippen molar-refractivity contribution in [2.75, 3.05) is 0 Å². The summed E-state index contributed by atoms with van der Waals surface area (Å²) in [4.78, 5) is 0. The van der Waals surface area contributed by atoms with E-state index in [1.54, 1.807) is 0 Å². The number of aromatic nitrogens is 3. The summed E-state index contributed by atoms with van der Waals surface area (Å²) in [6, 6.07) is 14.5. The third-order valence-electron chi connectivity index (χ3n) is 3.49. The Kier molecular flexibility index (Phi) is 3.26. The van der Waals surface area contributed by atoms with Crippen LogP contribution in [0.5, 0.6) is 0 Å². The highest BCUT2D eigenvalue weighted by atomic mass is 79.9. The largest absolute Gasteiger partial charge is 0.302 e. The van der Waals surface area contributed by atoms with Crippen LogP contribution in [0.15, 0.2) is 46.9 Å². The molecule has 0 saturated heterocycles. The number of hydrogen-bond acceptors (Lipinski definition) is 1. The van der Waals surface area contributed by atoms with Crippen LogP contribution >= 0.6 is 15.9 Å². The molecule has 4 heteroatoms. The lowest BCUT2D eigenvalue weighted by molar-refractivity contribution is 0.720. The quantitative estimate of drug-likeness (QED) is 0.688. The lowest BCUT2D eigenvalue weighted by Gasteiger charge is -2.10. The average Bonchev–Trinajstić information content (AvgIpc) is 2.92. The molecule has 0 unspecified atom stereocenters. The maximum Gasteiger partial charge on any atom is 0.150 e. The average molecular weight is 330 g/mol. The first-order chi connectivity index (χ1) is 9.59. The Labute approximate surface area is 127 Å². The molecule has 3 rings (SSSR count). The predicted octanol–water partition coefficient (Wildman–Crippen LogP) is 4.26. The molecule has 0 atom stereocenters. The van der Waals surface area contributed by atoms with Crippen molar-refractivity contribution in [2.24, 2.45) is 7.05 Å². The molecular weight excluding hydrogens is 314 g/mol. The van der Waals surface area contributed by atoms with Gasteiger partial charge in [0.2, 0.25) is 0 Å². The molecule has 3 aromatic rings. The molecule has 0 amide bonds. The molecule has 0 spiro atoms. The topological polar surface area (TPSA) is 22.8 Å². The van der Waals surface area contributed by atoms with Gasteiger partial charge in [0.1, 0.15) is 11.5 Å². The Balaban J connectivity index is 2.23. The maximum absolute atomic E-state index is 4.67. The van der Waals surface area contributed by atoms with Crippen LogP contribution in [0.2, 0.25) is 0 Å². The molecule has 0 saturated carbocycles. The molecule has 0 aliphatic heterocycles. The van der Waals surface area contributed by atoms with Crippen molar-refractivity contribution in [3.63, 3.8) is 0 Å². The Morgan fingerprint density at radius 2 is 1.55 bits per heavy atom. The fourth-order valence-corrected chi connectivity index (χ4v) is 3.26. The van der Waals surface area contributed by atoms with Gasteiger partial charge in [-0.05, 0) is 41.9 Å². The Bertz CT molecular complexity index is 734. The fourth-order valence-electron chi connectivity index (χ4n) is 2.52. The minimum Gasteiger partial charge on any atom is -0.302 e. The zero-order chi connectivity index (χ0) is 14.3. The zero-order valence-corrected chi connectivity index (χ0v) is 13.3. The molecule has 0 N–H and O–H groups in total. The molecule has 20 heavy (non-hydrogen) atoms. The molecule has 0 aliphatic carbocycles. The van der Waals surface area contributed by atoms with E-state index in [9.17, 15) is 0 Å². The molecule has 1 aromatic carbocycles. The number of benzene rings is 1. The highest BCUT2D eigenvalue weighted by molar-refractivity contribution is 9.10. The van der Waals surface area contributed by atoms with E-state index in [1.165, 1.54) is 11.4 Å². The summed E-state index contributed by atoms with van der Waals surface area (Å²) in [5, 5.41) is 4.67. The first kappa shape index (κ1) is 13.2. The van der Waals surface area contributed by atoms with Gasteiger partial charge in [0.15, 0.2) is 0 Å². The van der Waals surface area contributed by atoms with E-state index in [2.05, 4.69) is 63.7 Å². The summed E-state index contributed by atoms with van der Waals surface area (Å²) in [5.41, 5.74) is 4.48. The van der Waals surface area contributed by atoms with E-state index >= 15 is 0 Å². The first-order valence-electron chi connectivity index (χ1n) is 6.53. The fraction of sp³-hybridized carbons (Fsp3) is 0.188. The van der Waals surface area contributed by atoms with E-state index in [4.69, 9.17) is 0 Å². The summed E-state index contributed by atoms with van der Waals surface area (Å²) < 4.78 is 5.16.